The lowest BCUT2D eigenvalue weighted by Gasteiger charge is -2.33. The number of piperazine rings is 1. The van der Waals surface area contributed by atoms with Gasteiger partial charge in [-0.05, 0) is 23.9 Å². The van der Waals surface area contributed by atoms with Crippen molar-refractivity contribution in [2.24, 2.45) is 0 Å². The van der Waals surface area contributed by atoms with Crippen LogP contribution in [-0.4, -0.2) is 38.2 Å². The van der Waals surface area contributed by atoms with E-state index in [0.29, 0.717) is 6.04 Å². The van der Waals surface area contributed by atoms with E-state index in [-0.39, 0.29) is 0 Å². The van der Waals surface area contributed by atoms with Crippen LogP contribution in [0.1, 0.15) is 18.5 Å². The first-order valence-electron chi connectivity index (χ1n) is 7.31. The third-order valence-electron chi connectivity index (χ3n) is 4.29. The van der Waals surface area contributed by atoms with Gasteiger partial charge in [-0.3, -0.25) is 4.90 Å². The second-order valence-electron chi connectivity index (χ2n) is 5.36. The topological polar surface area (TPSA) is 24.5 Å². The molecule has 0 aromatic heterocycles. The van der Waals surface area contributed by atoms with Crippen LogP contribution in [0.15, 0.2) is 36.4 Å². The summed E-state index contributed by atoms with van der Waals surface area (Å²) < 4.78 is 5.48. The number of hydrogen-bond donors (Lipinski definition) is 1. The number of hydrogen-bond acceptors (Lipinski definition) is 3. The second kappa shape index (κ2) is 5.81. The fourth-order valence-corrected chi connectivity index (χ4v) is 3.10. The van der Waals surface area contributed by atoms with Crippen LogP contribution in [0, 0.1) is 0 Å². The molecule has 1 aliphatic rings. The quantitative estimate of drug-likeness (QED) is 0.928. The zero-order chi connectivity index (χ0) is 13.9. The highest BCUT2D eigenvalue weighted by Crippen LogP contribution is 2.33. The molecule has 1 aliphatic heterocycles. The van der Waals surface area contributed by atoms with Crippen molar-refractivity contribution >= 4 is 10.8 Å². The van der Waals surface area contributed by atoms with Crippen LogP contribution < -0.4 is 10.1 Å². The van der Waals surface area contributed by atoms with Crippen molar-refractivity contribution in [3.63, 3.8) is 0 Å². The van der Waals surface area contributed by atoms with E-state index in [9.17, 15) is 0 Å². The van der Waals surface area contributed by atoms with E-state index in [1.54, 1.807) is 7.11 Å². The maximum Gasteiger partial charge on any atom is 0.126 e. The smallest absolute Gasteiger partial charge is 0.126 e. The highest BCUT2D eigenvalue weighted by molar-refractivity contribution is 5.91. The molecule has 0 aliphatic carbocycles. The van der Waals surface area contributed by atoms with E-state index in [2.05, 4.69) is 53.5 Å². The van der Waals surface area contributed by atoms with Gasteiger partial charge < -0.3 is 10.1 Å². The summed E-state index contributed by atoms with van der Waals surface area (Å²) in [6, 6.07) is 13.3. The number of nitrogens with zero attached hydrogens (tertiary/aromatic N) is 1. The number of ether oxygens (including phenoxy) is 1. The number of rotatable bonds is 3. The predicted molar refractivity (Wildman–Crippen MR) is 83.4 cm³/mol. The molecule has 1 N–H and O–H groups in total. The fourth-order valence-electron chi connectivity index (χ4n) is 3.10. The first-order valence-corrected chi connectivity index (χ1v) is 7.31. The van der Waals surface area contributed by atoms with E-state index in [1.165, 1.54) is 16.3 Å². The Morgan fingerprint density at radius 3 is 2.45 bits per heavy atom. The monoisotopic (exact) mass is 270 g/mol. The summed E-state index contributed by atoms with van der Waals surface area (Å²) in [7, 11) is 1.74. The molecule has 106 valence electrons. The number of nitrogens with one attached hydrogen (secondary N) is 1. The van der Waals surface area contributed by atoms with Crippen molar-refractivity contribution in [2.45, 2.75) is 13.0 Å². The van der Waals surface area contributed by atoms with E-state index >= 15 is 0 Å². The molecule has 1 heterocycles. The summed E-state index contributed by atoms with van der Waals surface area (Å²) in [5, 5.41) is 5.92. The van der Waals surface area contributed by atoms with Crippen molar-refractivity contribution < 1.29 is 4.74 Å². The maximum atomic E-state index is 5.48. The Bertz CT molecular complexity index is 591. The zero-order valence-electron chi connectivity index (χ0n) is 12.2. The number of fused-ring (bicyclic) bond motifs is 1. The van der Waals surface area contributed by atoms with Crippen molar-refractivity contribution in [1.29, 1.82) is 0 Å². The van der Waals surface area contributed by atoms with E-state index in [4.69, 9.17) is 4.74 Å². The van der Waals surface area contributed by atoms with Gasteiger partial charge >= 0.3 is 0 Å². The standard InChI is InChI=1S/C17H22N2O/c1-13(19-11-9-18-10-12-19)14-7-8-17(20-2)16-6-4-3-5-15(14)16/h3-8,13,18H,9-12H2,1-2H3/t13-/m1/s1. The largest absolute Gasteiger partial charge is 0.496 e. The molecule has 1 saturated heterocycles. The Kier molecular flexibility index (Phi) is 3.90. The van der Waals surface area contributed by atoms with Crippen LogP contribution in [0.25, 0.3) is 10.8 Å². The van der Waals surface area contributed by atoms with Crippen molar-refractivity contribution in [1.82, 2.24) is 10.2 Å². The molecule has 20 heavy (non-hydrogen) atoms. The number of methoxy groups -OCH3 is 1. The molecule has 0 amide bonds. The van der Waals surface area contributed by atoms with Crippen LogP contribution in [0.2, 0.25) is 0 Å². The van der Waals surface area contributed by atoms with Gasteiger partial charge in [0.15, 0.2) is 0 Å². The summed E-state index contributed by atoms with van der Waals surface area (Å²) in [4.78, 5) is 2.55. The molecule has 2 aromatic carbocycles. The maximum absolute atomic E-state index is 5.48. The van der Waals surface area contributed by atoms with Crippen LogP contribution in [-0.2, 0) is 0 Å². The SMILES string of the molecule is COc1ccc([C@@H](C)N2CCNCC2)c2ccccc12. The summed E-state index contributed by atoms with van der Waals surface area (Å²) in [6.07, 6.45) is 0. The molecular formula is C17H22N2O. The third kappa shape index (κ3) is 2.39. The molecule has 3 heteroatoms. The average Bonchev–Trinajstić information content (AvgIpc) is 2.54. The Morgan fingerprint density at radius 1 is 1.05 bits per heavy atom. The van der Waals surface area contributed by atoms with Gasteiger partial charge in [-0.1, -0.05) is 30.3 Å². The van der Waals surface area contributed by atoms with Gasteiger partial charge in [-0.15, -0.1) is 0 Å². The van der Waals surface area contributed by atoms with Crippen LogP contribution in [0.3, 0.4) is 0 Å². The van der Waals surface area contributed by atoms with Gasteiger partial charge in [0.1, 0.15) is 5.75 Å². The molecule has 0 saturated carbocycles. The van der Waals surface area contributed by atoms with Crippen molar-refractivity contribution in [3.8, 4) is 5.75 Å². The summed E-state index contributed by atoms with van der Waals surface area (Å²) in [5.74, 6) is 0.955. The first kappa shape index (κ1) is 13.4. The molecule has 3 nitrogen and oxygen atoms in total. The highest BCUT2D eigenvalue weighted by atomic mass is 16.5. The molecular weight excluding hydrogens is 248 g/mol. The molecule has 0 radical (unpaired) electrons. The third-order valence-corrected chi connectivity index (χ3v) is 4.29. The Hall–Kier alpha value is -1.58. The minimum absolute atomic E-state index is 0.438. The van der Waals surface area contributed by atoms with Crippen LogP contribution >= 0.6 is 0 Å². The molecule has 1 atom stereocenters. The van der Waals surface area contributed by atoms with Gasteiger partial charge in [-0.25, -0.2) is 0 Å². The van der Waals surface area contributed by atoms with E-state index in [0.717, 1.165) is 31.9 Å². The lowest BCUT2D eigenvalue weighted by Crippen LogP contribution is -2.44. The van der Waals surface area contributed by atoms with Gasteiger partial charge in [0, 0.05) is 37.6 Å². The Balaban J connectivity index is 2.02. The normalized spacial score (nSPS) is 18.1. The van der Waals surface area contributed by atoms with Gasteiger partial charge in [-0.2, -0.15) is 0 Å². The summed E-state index contributed by atoms with van der Waals surface area (Å²) in [6.45, 7) is 6.69. The van der Waals surface area contributed by atoms with Crippen LogP contribution in [0.5, 0.6) is 5.75 Å². The van der Waals surface area contributed by atoms with E-state index < -0.39 is 0 Å². The lowest BCUT2D eigenvalue weighted by molar-refractivity contribution is 0.186. The molecule has 1 fully saturated rings. The average molecular weight is 270 g/mol. The predicted octanol–water partition coefficient (Wildman–Crippen LogP) is 2.81. The minimum Gasteiger partial charge on any atom is -0.496 e. The zero-order valence-corrected chi connectivity index (χ0v) is 12.2. The molecule has 2 aromatic rings. The van der Waals surface area contributed by atoms with Crippen molar-refractivity contribution in [3.05, 3.63) is 42.0 Å². The van der Waals surface area contributed by atoms with E-state index in [1.807, 2.05) is 0 Å². The first-order chi connectivity index (χ1) is 9.81. The highest BCUT2D eigenvalue weighted by Gasteiger charge is 2.20. The van der Waals surface area contributed by atoms with Gasteiger partial charge in [0.25, 0.3) is 0 Å². The van der Waals surface area contributed by atoms with Gasteiger partial charge in [0.05, 0.1) is 7.11 Å². The van der Waals surface area contributed by atoms with Crippen molar-refractivity contribution in [2.75, 3.05) is 33.3 Å². The molecule has 0 unspecified atom stereocenters. The fraction of sp³-hybridized carbons (Fsp3) is 0.412. The molecule has 0 spiro atoms. The Labute approximate surface area is 120 Å². The molecule has 0 bridgehead atoms. The lowest BCUT2D eigenvalue weighted by atomic mass is 9.97. The van der Waals surface area contributed by atoms with Gasteiger partial charge in [0.2, 0.25) is 0 Å². The number of benzene rings is 2. The molecule has 3 rings (SSSR count). The second-order valence-corrected chi connectivity index (χ2v) is 5.36. The summed E-state index contributed by atoms with van der Waals surface area (Å²) in [5.41, 5.74) is 1.39. The minimum atomic E-state index is 0.438. The van der Waals surface area contributed by atoms with Crippen LogP contribution in [0.4, 0.5) is 0 Å². The summed E-state index contributed by atoms with van der Waals surface area (Å²) >= 11 is 0. The Morgan fingerprint density at radius 2 is 1.75 bits per heavy atom.